The molecule has 0 aromatic heterocycles. The molecule has 0 bridgehead atoms. The second-order valence-electron chi connectivity index (χ2n) is 5.67. The van der Waals surface area contributed by atoms with Gasteiger partial charge in [0, 0.05) is 22.4 Å². The van der Waals surface area contributed by atoms with Crippen LogP contribution >= 0.6 is 12.0 Å². The minimum atomic E-state index is 0.212. The molecule has 1 aliphatic carbocycles. The summed E-state index contributed by atoms with van der Waals surface area (Å²) < 4.78 is 11.1. The normalized spacial score (nSPS) is 15.7. The van der Waals surface area contributed by atoms with Crippen LogP contribution in [-0.4, -0.2) is 13.7 Å². The predicted molar refractivity (Wildman–Crippen MR) is 86.9 cm³/mol. The van der Waals surface area contributed by atoms with Gasteiger partial charge in [-0.05, 0) is 49.6 Å². The lowest BCUT2D eigenvalue weighted by Crippen LogP contribution is -2.13. The molecule has 0 saturated heterocycles. The Balaban J connectivity index is 1.57. The van der Waals surface area contributed by atoms with Gasteiger partial charge in [-0.2, -0.15) is 0 Å². The Morgan fingerprint density at radius 1 is 1.00 bits per heavy atom. The van der Waals surface area contributed by atoms with Gasteiger partial charge in [0.05, 0.1) is 13.7 Å². The fraction of sp³-hybridized carbons (Fsp3) is 0.333. The number of methoxy groups -OCH3 is 1. The monoisotopic (exact) mass is 300 g/mol. The molecule has 0 aliphatic heterocycles. The van der Waals surface area contributed by atoms with Crippen LogP contribution in [0.2, 0.25) is 0 Å². The molecule has 0 spiro atoms. The SMILES string of the molecule is COc1ccc(C2(COSc3ccc(C)cc3)CC2)cc1. The molecule has 2 aromatic carbocycles. The maximum absolute atomic E-state index is 5.88. The third-order valence-electron chi connectivity index (χ3n) is 4.07. The van der Waals surface area contributed by atoms with E-state index in [1.165, 1.54) is 36.0 Å². The van der Waals surface area contributed by atoms with E-state index in [0.717, 1.165) is 17.3 Å². The third-order valence-corrected chi connectivity index (χ3v) is 4.77. The number of benzene rings is 2. The van der Waals surface area contributed by atoms with Crippen molar-refractivity contribution in [3.63, 3.8) is 0 Å². The third kappa shape index (κ3) is 3.42. The smallest absolute Gasteiger partial charge is 0.118 e. The van der Waals surface area contributed by atoms with Crippen molar-refractivity contribution in [3.05, 3.63) is 59.7 Å². The lowest BCUT2D eigenvalue weighted by molar-refractivity contribution is 0.324. The largest absolute Gasteiger partial charge is 0.497 e. The first kappa shape index (κ1) is 14.5. The van der Waals surface area contributed by atoms with Crippen molar-refractivity contribution in [2.45, 2.75) is 30.1 Å². The first-order valence-electron chi connectivity index (χ1n) is 7.23. The van der Waals surface area contributed by atoms with Crippen LogP contribution in [0.1, 0.15) is 24.0 Å². The molecule has 1 aliphatic rings. The van der Waals surface area contributed by atoms with E-state index >= 15 is 0 Å². The number of aryl methyl sites for hydroxylation is 1. The molecule has 2 nitrogen and oxygen atoms in total. The van der Waals surface area contributed by atoms with Crippen molar-refractivity contribution in [3.8, 4) is 5.75 Å². The van der Waals surface area contributed by atoms with Crippen molar-refractivity contribution in [2.75, 3.05) is 13.7 Å². The summed E-state index contributed by atoms with van der Waals surface area (Å²) in [5.74, 6) is 0.907. The lowest BCUT2D eigenvalue weighted by Gasteiger charge is -2.15. The Kier molecular flexibility index (Phi) is 4.22. The van der Waals surface area contributed by atoms with Gasteiger partial charge >= 0.3 is 0 Å². The van der Waals surface area contributed by atoms with Crippen molar-refractivity contribution in [2.24, 2.45) is 0 Å². The topological polar surface area (TPSA) is 18.5 Å². The highest BCUT2D eigenvalue weighted by Gasteiger charge is 2.44. The molecule has 2 aromatic rings. The number of rotatable bonds is 6. The fourth-order valence-corrected chi connectivity index (χ4v) is 3.08. The molecule has 3 heteroatoms. The molecule has 0 unspecified atom stereocenters. The first-order valence-corrected chi connectivity index (χ1v) is 7.97. The van der Waals surface area contributed by atoms with Gasteiger partial charge in [-0.1, -0.05) is 29.8 Å². The number of hydrogen-bond donors (Lipinski definition) is 0. The van der Waals surface area contributed by atoms with E-state index in [-0.39, 0.29) is 5.41 Å². The van der Waals surface area contributed by atoms with E-state index in [4.69, 9.17) is 8.92 Å². The van der Waals surface area contributed by atoms with E-state index in [0.29, 0.717) is 0 Å². The molecule has 1 saturated carbocycles. The van der Waals surface area contributed by atoms with Crippen LogP contribution in [0.5, 0.6) is 5.75 Å². The van der Waals surface area contributed by atoms with Gasteiger partial charge in [0.25, 0.3) is 0 Å². The molecule has 110 valence electrons. The van der Waals surface area contributed by atoms with E-state index in [1.807, 2.05) is 12.1 Å². The summed E-state index contributed by atoms with van der Waals surface area (Å²) in [5.41, 5.74) is 2.84. The van der Waals surface area contributed by atoms with E-state index in [9.17, 15) is 0 Å². The predicted octanol–water partition coefficient (Wildman–Crippen LogP) is 4.76. The zero-order valence-electron chi connectivity index (χ0n) is 12.5. The fourth-order valence-electron chi connectivity index (χ4n) is 2.42. The van der Waals surface area contributed by atoms with Crippen molar-refractivity contribution in [1.29, 1.82) is 0 Å². The Morgan fingerprint density at radius 2 is 1.67 bits per heavy atom. The van der Waals surface area contributed by atoms with E-state index < -0.39 is 0 Å². The standard InChI is InChI=1S/C18H20O2S/c1-14-3-9-17(10-4-14)21-20-13-18(11-12-18)15-5-7-16(19-2)8-6-15/h3-10H,11-13H2,1-2H3. The van der Waals surface area contributed by atoms with Gasteiger partial charge in [-0.15, -0.1) is 0 Å². The van der Waals surface area contributed by atoms with Crippen LogP contribution in [0.15, 0.2) is 53.4 Å². The molecule has 0 radical (unpaired) electrons. The summed E-state index contributed by atoms with van der Waals surface area (Å²) in [6.45, 7) is 2.86. The van der Waals surface area contributed by atoms with Crippen LogP contribution in [0, 0.1) is 6.92 Å². The molecular formula is C18H20O2S. The van der Waals surface area contributed by atoms with E-state index in [1.54, 1.807) is 7.11 Å². The first-order chi connectivity index (χ1) is 10.2. The molecular weight excluding hydrogens is 280 g/mol. The molecule has 1 fully saturated rings. The molecule has 0 atom stereocenters. The summed E-state index contributed by atoms with van der Waals surface area (Å²) >= 11 is 1.47. The van der Waals surface area contributed by atoms with Crippen LogP contribution in [0.4, 0.5) is 0 Å². The van der Waals surface area contributed by atoms with Gasteiger partial charge in [0.1, 0.15) is 5.75 Å². The highest BCUT2D eigenvalue weighted by atomic mass is 32.2. The average Bonchev–Trinajstić information content (AvgIpc) is 3.30. The van der Waals surface area contributed by atoms with Gasteiger partial charge in [-0.25, -0.2) is 0 Å². The van der Waals surface area contributed by atoms with Gasteiger partial charge in [0.15, 0.2) is 0 Å². The number of ether oxygens (including phenoxy) is 1. The highest BCUT2D eigenvalue weighted by molar-refractivity contribution is 7.94. The van der Waals surface area contributed by atoms with Crippen LogP contribution in [0.25, 0.3) is 0 Å². The number of hydrogen-bond acceptors (Lipinski definition) is 3. The maximum Gasteiger partial charge on any atom is 0.118 e. The maximum atomic E-state index is 5.88. The minimum Gasteiger partial charge on any atom is -0.497 e. The summed E-state index contributed by atoms with van der Waals surface area (Å²) in [6.07, 6.45) is 2.40. The van der Waals surface area contributed by atoms with E-state index in [2.05, 4.69) is 43.3 Å². The van der Waals surface area contributed by atoms with Crippen LogP contribution in [0.3, 0.4) is 0 Å². The van der Waals surface area contributed by atoms with Gasteiger partial charge < -0.3 is 8.92 Å². The summed E-state index contributed by atoms with van der Waals surface area (Å²) in [7, 11) is 1.70. The Labute approximate surface area is 130 Å². The summed E-state index contributed by atoms with van der Waals surface area (Å²) in [6, 6.07) is 16.8. The lowest BCUT2D eigenvalue weighted by atomic mass is 9.97. The van der Waals surface area contributed by atoms with Crippen molar-refractivity contribution in [1.82, 2.24) is 0 Å². The molecule has 0 heterocycles. The minimum absolute atomic E-state index is 0.212. The highest BCUT2D eigenvalue weighted by Crippen LogP contribution is 2.49. The second kappa shape index (κ2) is 6.12. The molecule has 0 amide bonds. The molecule has 0 N–H and O–H groups in total. The summed E-state index contributed by atoms with van der Waals surface area (Å²) in [5, 5.41) is 0. The Hall–Kier alpha value is -1.45. The molecule has 3 rings (SSSR count). The quantitative estimate of drug-likeness (QED) is 0.717. The summed E-state index contributed by atoms with van der Waals surface area (Å²) in [4.78, 5) is 1.16. The zero-order valence-corrected chi connectivity index (χ0v) is 13.3. The van der Waals surface area contributed by atoms with Crippen molar-refractivity contribution >= 4 is 12.0 Å². The van der Waals surface area contributed by atoms with Crippen LogP contribution < -0.4 is 4.74 Å². The molecule has 21 heavy (non-hydrogen) atoms. The van der Waals surface area contributed by atoms with Crippen LogP contribution in [-0.2, 0) is 9.60 Å². The average molecular weight is 300 g/mol. The zero-order chi connectivity index (χ0) is 14.7. The Morgan fingerprint density at radius 3 is 2.24 bits per heavy atom. The van der Waals surface area contributed by atoms with Gasteiger partial charge in [-0.3, -0.25) is 0 Å². The van der Waals surface area contributed by atoms with Gasteiger partial charge in [0.2, 0.25) is 0 Å². The second-order valence-corrected chi connectivity index (χ2v) is 6.54. The Bertz CT molecular complexity index is 586. The van der Waals surface area contributed by atoms with Crippen molar-refractivity contribution < 1.29 is 8.92 Å².